The largest absolute Gasteiger partial charge is 0.462 e. The molecule has 0 aliphatic heterocycles. The van der Waals surface area contributed by atoms with Crippen molar-refractivity contribution in [2.75, 3.05) is 24.3 Å². The molecule has 0 unspecified atom stereocenters. The van der Waals surface area contributed by atoms with Gasteiger partial charge in [0, 0.05) is 5.69 Å². The van der Waals surface area contributed by atoms with Gasteiger partial charge < -0.3 is 20.1 Å². The minimum atomic E-state index is -0.696. The first-order valence-corrected chi connectivity index (χ1v) is 15.1. The Bertz CT molecular complexity index is 1690. The topological polar surface area (TPSA) is 142 Å². The van der Waals surface area contributed by atoms with Crippen molar-refractivity contribution >= 4 is 51.9 Å². The van der Waals surface area contributed by atoms with E-state index in [4.69, 9.17) is 9.47 Å². The van der Waals surface area contributed by atoms with Gasteiger partial charge >= 0.3 is 11.9 Å². The summed E-state index contributed by atoms with van der Waals surface area (Å²) in [4.78, 5) is 50.9. The summed E-state index contributed by atoms with van der Waals surface area (Å²) in [5.41, 5.74) is 0.685. The molecular weight excluding hydrogens is 616 g/mol. The highest BCUT2D eigenvalue weighted by Gasteiger charge is 2.27. The minimum Gasteiger partial charge on any atom is -0.462 e. The number of benzene rings is 2. The SMILES string of the molecule is CCOC(=O)c1sc(NC(=O)CSc2nnc(CNC(=O)c3ccccc3F)n2-c2ccc(F)cc2)c(C(=O)OCC)c1C. The summed E-state index contributed by atoms with van der Waals surface area (Å²) < 4.78 is 39.5. The van der Waals surface area contributed by atoms with Crippen LogP contribution in [0.4, 0.5) is 13.8 Å². The Morgan fingerprint density at radius 3 is 2.32 bits per heavy atom. The number of halogens is 2. The Morgan fingerprint density at radius 2 is 1.64 bits per heavy atom. The zero-order valence-corrected chi connectivity index (χ0v) is 25.4. The Hall–Kier alpha value is -4.63. The molecule has 4 aromatic rings. The first-order chi connectivity index (χ1) is 21.1. The number of rotatable bonds is 12. The van der Waals surface area contributed by atoms with Crippen LogP contribution in [0, 0.1) is 18.6 Å². The van der Waals surface area contributed by atoms with Gasteiger partial charge in [0.05, 0.1) is 36.6 Å². The first-order valence-electron chi connectivity index (χ1n) is 13.3. The molecule has 15 heteroatoms. The van der Waals surface area contributed by atoms with Gasteiger partial charge in [-0.05, 0) is 62.7 Å². The van der Waals surface area contributed by atoms with Gasteiger partial charge in [-0.1, -0.05) is 23.9 Å². The zero-order valence-electron chi connectivity index (χ0n) is 23.8. The van der Waals surface area contributed by atoms with Crippen LogP contribution >= 0.6 is 23.1 Å². The molecule has 44 heavy (non-hydrogen) atoms. The van der Waals surface area contributed by atoms with Crippen LogP contribution in [0.15, 0.2) is 53.7 Å². The van der Waals surface area contributed by atoms with Crippen molar-refractivity contribution in [2.45, 2.75) is 32.5 Å². The highest BCUT2D eigenvalue weighted by Crippen LogP contribution is 2.34. The number of nitrogens with zero attached hydrogens (tertiary/aromatic N) is 3. The van der Waals surface area contributed by atoms with Crippen molar-refractivity contribution in [2.24, 2.45) is 0 Å². The van der Waals surface area contributed by atoms with Crippen molar-refractivity contribution in [1.29, 1.82) is 0 Å². The molecule has 0 aliphatic carbocycles. The molecule has 0 saturated heterocycles. The van der Waals surface area contributed by atoms with Crippen LogP contribution < -0.4 is 10.6 Å². The number of anilines is 1. The molecule has 0 radical (unpaired) electrons. The van der Waals surface area contributed by atoms with Crippen molar-refractivity contribution in [3.8, 4) is 5.69 Å². The standard InChI is InChI=1S/C29H27F2N5O6S2/c1-4-41-27(39)23-16(3)24(28(40)42-5-2)44-26(23)33-22(37)15-43-29-35-34-21(36(29)18-12-10-17(30)11-13-18)14-32-25(38)19-8-6-7-9-20(19)31/h6-13H,4-5,14-15H2,1-3H3,(H,32,38)(H,33,37). The average Bonchev–Trinajstić information content (AvgIpc) is 3.55. The Labute approximate surface area is 259 Å². The van der Waals surface area contributed by atoms with E-state index in [1.165, 1.54) is 53.1 Å². The molecule has 0 aliphatic rings. The summed E-state index contributed by atoms with van der Waals surface area (Å²) in [6.07, 6.45) is 0. The molecule has 0 bridgehead atoms. The van der Waals surface area contributed by atoms with Crippen molar-refractivity contribution in [3.63, 3.8) is 0 Å². The van der Waals surface area contributed by atoms with E-state index in [2.05, 4.69) is 20.8 Å². The number of carbonyl (C=O) groups is 4. The molecule has 0 saturated carbocycles. The maximum Gasteiger partial charge on any atom is 0.348 e. The molecule has 2 aromatic carbocycles. The second-order valence-electron chi connectivity index (χ2n) is 8.91. The highest BCUT2D eigenvalue weighted by molar-refractivity contribution is 7.99. The maximum absolute atomic E-state index is 14.1. The number of thiophene rings is 1. The first kappa shape index (κ1) is 32.3. The maximum atomic E-state index is 14.1. The fourth-order valence-corrected chi connectivity index (χ4v) is 5.87. The lowest BCUT2D eigenvalue weighted by atomic mass is 10.1. The fourth-order valence-electron chi connectivity index (χ4n) is 3.99. The molecule has 2 N–H and O–H groups in total. The number of carbonyl (C=O) groups excluding carboxylic acids is 4. The summed E-state index contributed by atoms with van der Waals surface area (Å²) >= 11 is 1.89. The summed E-state index contributed by atoms with van der Waals surface area (Å²) in [5, 5.41) is 13.9. The molecule has 0 atom stereocenters. The van der Waals surface area contributed by atoms with E-state index in [1.807, 2.05) is 0 Å². The molecule has 2 aromatic heterocycles. The van der Waals surface area contributed by atoms with Gasteiger partial charge in [0.2, 0.25) is 5.91 Å². The van der Waals surface area contributed by atoms with E-state index in [0.717, 1.165) is 23.1 Å². The molecule has 0 fully saturated rings. The number of ether oxygens (including phenoxy) is 2. The summed E-state index contributed by atoms with van der Waals surface area (Å²) in [5.74, 6) is -3.65. The number of thioether (sulfide) groups is 1. The van der Waals surface area contributed by atoms with Gasteiger partial charge in [0.25, 0.3) is 5.91 Å². The van der Waals surface area contributed by atoms with Crippen molar-refractivity contribution < 1.29 is 37.4 Å². The lowest BCUT2D eigenvalue weighted by molar-refractivity contribution is -0.113. The lowest BCUT2D eigenvalue weighted by Crippen LogP contribution is -2.25. The highest BCUT2D eigenvalue weighted by atomic mass is 32.2. The predicted molar refractivity (Wildman–Crippen MR) is 159 cm³/mol. The summed E-state index contributed by atoms with van der Waals surface area (Å²) in [6.45, 7) is 4.92. The normalized spacial score (nSPS) is 10.8. The second kappa shape index (κ2) is 14.7. The van der Waals surface area contributed by atoms with E-state index in [1.54, 1.807) is 20.8 Å². The predicted octanol–water partition coefficient (Wildman–Crippen LogP) is 4.93. The van der Waals surface area contributed by atoms with Crippen LogP contribution in [0.25, 0.3) is 5.69 Å². The van der Waals surface area contributed by atoms with Crippen LogP contribution in [-0.4, -0.2) is 57.5 Å². The van der Waals surface area contributed by atoms with Crippen molar-refractivity contribution in [3.05, 3.63) is 87.6 Å². The number of hydrogen-bond donors (Lipinski definition) is 2. The van der Waals surface area contributed by atoms with Crippen LogP contribution in [0.1, 0.15) is 55.6 Å². The molecule has 11 nitrogen and oxygen atoms in total. The lowest BCUT2D eigenvalue weighted by Gasteiger charge is -2.11. The number of esters is 2. The summed E-state index contributed by atoms with van der Waals surface area (Å²) in [7, 11) is 0. The van der Waals surface area contributed by atoms with Crippen LogP contribution in [-0.2, 0) is 20.8 Å². The third-order valence-corrected chi connectivity index (χ3v) is 8.10. The average molecular weight is 644 g/mol. The fraction of sp³-hybridized carbons (Fsp3) is 0.241. The van der Waals surface area contributed by atoms with Gasteiger partial charge in [-0.2, -0.15) is 0 Å². The van der Waals surface area contributed by atoms with Gasteiger partial charge in [0.15, 0.2) is 11.0 Å². The van der Waals surface area contributed by atoms with E-state index >= 15 is 0 Å². The molecule has 2 heterocycles. The minimum absolute atomic E-state index is 0.0561. The van der Waals surface area contributed by atoms with Crippen LogP contribution in [0.2, 0.25) is 0 Å². The second-order valence-corrected chi connectivity index (χ2v) is 10.9. The van der Waals surface area contributed by atoms with E-state index in [0.29, 0.717) is 11.3 Å². The van der Waals surface area contributed by atoms with Crippen LogP contribution in [0.3, 0.4) is 0 Å². The number of nitrogens with one attached hydrogen (secondary N) is 2. The third kappa shape index (κ3) is 7.47. The van der Waals surface area contributed by atoms with Gasteiger partial charge in [-0.25, -0.2) is 18.4 Å². The van der Waals surface area contributed by atoms with E-state index in [-0.39, 0.29) is 57.5 Å². The Balaban J connectivity index is 1.54. The van der Waals surface area contributed by atoms with Gasteiger partial charge in [0.1, 0.15) is 21.5 Å². The number of hydrogen-bond acceptors (Lipinski definition) is 10. The summed E-state index contributed by atoms with van der Waals surface area (Å²) in [6, 6.07) is 10.9. The van der Waals surface area contributed by atoms with Crippen molar-refractivity contribution in [1.82, 2.24) is 20.1 Å². The zero-order chi connectivity index (χ0) is 31.8. The molecular formula is C29H27F2N5O6S2. The van der Waals surface area contributed by atoms with E-state index < -0.39 is 35.4 Å². The monoisotopic (exact) mass is 643 g/mol. The Morgan fingerprint density at radius 1 is 0.955 bits per heavy atom. The third-order valence-electron chi connectivity index (χ3n) is 5.98. The quantitative estimate of drug-likeness (QED) is 0.162. The number of amides is 2. The molecule has 4 rings (SSSR count). The number of aromatic nitrogens is 3. The molecule has 0 spiro atoms. The van der Waals surface area contributed by atoms with Gasteiger partial charge in [-0.3, -0.25) is 14.2 Å². The molecule has 230 valence electrons. The Kier molecular flexibility index (Phi) is 10.8. The molecule has 2 amide bonds. The van der Waals surface area contributed by atoms with Gasteiger partial charge in [-0.15, -0.1) is 21.5 Å². The smallest absolute Gasteiger partial charge is 0.348 e. The van der Waals surface area contributed by atoms with Crippen LogP contribution in [0.5, 0.6) is 0 Å². The van der Waals surface area contributed by atoms with E-state index in [9.17, 15) is 28.0 Å².